The Morgan fingerprint density at radius 2 is 2.18 bits per heavy atom. The average Bonchev–Trinajstić information content (AvgIpc) is 2.96. The lowest BCUT2D eigenvalue weighted by Gasteiger charge is -2.04. The van der Waals surface area contributed by atoms with E-state index in [0.717, 1.165) is 5.52 Å². The third-order valence-corrected chi connectivity index (χ3v) is 3.66. The molecule has 0 saturated heterocycles. The van der Waals surface area contributed by atoms with Crippen molar-refractivity contribution in [3.63, 3.8) is 0 Å². The lowest BCUT2D eigenvalue weighted by Crippen LogP contribution is -2.14. The number of methoxy groups -OCH3 is 1. The molecule has 0 spiro atoms. The van der Waals surface area contributed by atoms with Gasteiger partial charge in [-0.2, -0.15) is 0 Å². The molecule has 2 aromatic heterocycles. The van der Waals surface area contributed by atoms with E-state index in [2.05, 4.69) is 15.3 Å². The fourth-order valence-corrected chi connectivity index (χ4v) is 2.45. The number of amides is 1. The van der Waals surface area contributed by atoms with Gasteiger partial charge in [-0.1, -0.05) is 23.9 Å². The molecule has 1 aromatic carbocycles. The molecule has 0 aliphatic carbocycles. The molecule has 0 saturated carbocycles. The maximum Gasteiger partial charge on any atom is 0.257 e. The molecule has 7 heteroatoms. The molecule has 3 aromatic rings. The van der Waals surface area contributed by atoms with Gasteiger partial charge in [0.05, 0.1) is 24.7 Å². The SMILES string of the molecule is COc1ccc(NC(=O)CSc2nc3ccccc3o2)cn1. The summed E-state index contributed by atoms with van der Waals surface area (Å²) in [6.07, 6.45) is 1.54. The summed E-state index contributed by atoms with van der Waals surface area (Å²) in [6, 6.07) is 10.9. The van der Waals surface area contributed by atoms with Gasteiger partial charge in [0, 0.05) is 6.07 Å². The summed E-state index contributed by atoms with van der Waals surface area (Å²) in [5.41, 5.74) is 2.11. The molecule has 0 bridgehead atoms. The molecule has 2 heterocycles. The van der Waals surface area contributed by atoms with Gasteiger partial charge in [-0.25, -0.2) is 9.97 Å². The topological polar surface area (TPSA) is 77.2 Å². The van der Waals surface area contributed by atoms with Crippen molar-refractivity contribution < 1.29 is 13.9 Å². The number of nitrogens with one attached hydrogen (secondary N) is 1. The summed E-state index contributed by atoms with van der Waals surface area (Å²) in [5, 5.41) is 3.23. The number of thioether (sulfide) groups is 1. The summed E-state index contributed by atoms with van der Waals surface area (Å²) in [7, 11) is 1.54. The zero-order valence-electron chi connectivity index (χ0n) is 11.8. The van der Waals surface area contributed by atoms with E-state index in [1.807, 2.05) is 24.3 Å². The molecular weight excluding hydrogens is 302 g/mol. The minimum absolute atomic E-state index is 0.153. The maximum atomic E-state index is 11.9. The fraction of sp³-hybridized carbons (Fsp3) is 0.133. The Morgan fingerprint density at radius 1 is 1.32 bits per heavy atom. The number of para-hydroxylation sites is 2. The standard InChI is InChI=1S/C15H13N3O3S/c1-20-14-7-6-10(8-16-14)17-13(19)9-22-15-18-11-4-2-3-5-12(11)21-15/h2-8H,9H2,1H3,(H,17,19). The summed E-state index contributed by atoms with van der Waals surface area (Å²) >= 11 is 1.25. The van der Waals surface area contributed by atoms with E-state index in [1.54, 1.807) is 18.3 Å². The van der Waals surface area contributed by atoms with Crippen LogP contribution in [0.1, 0.15) is 0 Å². The average molecular weight is 315 g/mol. The van der Waals surface area contributed by atoms with Crippen LogP contribution < -0.4 is 10.1 Å². The van der Waals surface area contributed by atoms with Gasteiger partial charge in [0.25, 0.3) is 5.22 Å². The molecule has 0 unspecified atom stereocenters. The van der Waals surface area contributed by atoms with Gasteiger partial charge in [0.15, 0.2) is 5.58 Å². The van der Waals surface area contributed by atoms with Crippen molar-refractivity contribution in [2.24, 2.45) is 0 Å². The molecule has 0 fully saturated rings. The van der Waals surface area contributed by atoms with Crippen molar-refractivity contribution in [2.45, 2.75) is 5.22 Å². The molecule has 0 atom stereocenters. The minimum Gasteiger partial charge on any atom is -0.481 e. The highest BCUT2D eigenvalue weighted by molar-refractivity contribution is 7.99. The first-order chi connectivity index (χ1) is 10.7. The number of rotatable bonds is 5. The smallest absolute Gasteiger partial charge is 0.257 e. The van der Waals surface area contributed by atoms with Crippen LogP contribution in [-0.2, 0) is 4.79 Å². The number of fused-ring (bicyclic) bond motifs is 1. The minimum atomic E-state index is -0.153. The third kappa shape index (κ3) is 3.37. The van der Waals surface area contributed by atoms with Crippen LogP contribution in [0.4, 0.5) is 5.69 Å². The van der Waals surface area contributed by atoms with Crippen LogP contribution in [0, 0.1) is 0 Å². The third-order valence-electron chi connectivity index (χ3n) is 2.83. The Kier molecular flexibility index (Phi) is 4.24. The molecule has 0 aliphatic rings. The van der Waals surface area contributed by atoms with Gasteiger partial charge in [0.1, 0.15) is 5.52 Å². The van der Waals surface area contributed by atoms with Crippen LogP contribution >= 0.6 is 11.8 Å². The van der Waals surface area contributed by atoms with Crippen molar-refractivity contribution in [1.29, 1.82) is 0 Å². The van der Waals surface area contributed by atoms with Gasteiger partial charge in [0.2, 0.25) is 11.8 Å². The van der Waals surface area contributed by atoms with Crippen LogP contribution in [0.2, 0.25) is 0 Å². The number of ether oxygens (including phenoxy) is 1. The summed E-state index contributed by atoms with van der Waals surface area (Å²) < 4.78 is 10.5. The fourth-order valence-electron chi connectivity index (χ4n) is 1.81. The number of pyridine rings is 1. The van der Waals surface area contributed by atoms with E-state index < -0.39 is 0 Å². The van der Waals surface area contributed by atoms with Crippen molar-refractivity contribution in [3.05, 3.63) is 42.6 Å². The highest BCUT2D eigenvalue weighted by Crippen LogP contribution is 2.23. The number of anilines is 1. The predicted octanol–water partition coefficient (Wildman–Crippen LogP) is 2.96. The number of hydrogen-bond acceptors (Lipinski definition) is 6. The number of hydrogen-bond donors (Lipinski definition) is 1. The molecule has 1 amide bonds. The molecule has 22 heavy (non-hydrogen) atoms. The first-order valence-electron chi connectivity index (χ1n) is 6.53. The monoisotopic (exact) mass is 315 g/mol. The van der Waals surface area contributed by atoms with Crippen molar-refractivity contribution >= 4 is 34.5 Å². The van der Waals surface area contributed by atoms with Crippen LogP contribution in [0.15, 0.2) is 52.2 Å². The van der Waals surface area contributed by atoms with Gasteiger partial charge in [-0.05, 0) is 18.2 Å². The quantitative estimate of drug-likeness (QED) is 0.729. The van der Waals surface area contributed by atoms with E-state index in [-0.39, 0.29) is 11.7 Å². The molecule has 6 nitrogen and oxygen atoms in total. The molecule has 3 rings (SSSR count). The van der Waals surface area contributed by atoms with E-state index in [1.165, 1.54) is 18.9 Å². The van der Waals surface area contributed by atoms with Crippen molar-refractivity contribution in [2.75, 3.05) is 18.2 Å². The number of benzene rings is 1. The van der Waals surface area contributed by atoms with Gasteiger partial charge < -0.3 is 14.5 Å². The van der Waals surface area contributed by atoms with E-state index in [9.17, 15) is 4.79 Å². The second-order valence-corrected chi connectivity index (χ2v) is 5.30. The largest absolute Gasteiger partial charge is 0.481 e. The van der Waals surface area contributed by atoms with Crippen LogP contribution in [0.3, 0.4) is 0 Å². The predicted molar refractivity (Wildman–Crippen MR) is 84.2 cm³/mol. The van der Waals surface area contributed by atoms with E-state index in [4.69, 9.17) is 9.15 Å². The number of carbonyl (C=O) groups is 1. The Morgan fingerprint density at radius 3 is 2.91 bits per heavy atom. The second-order valence-electron chi connectivity index (χ2n) is 4.37. The Labute approximate surface area is 130 Å². The molecule has 112 valence electrons. The van der Waals surface area contributed by atoms with E-state index in [0.29, 0.717) is 22.4 Å². The highest BCUT2D eigenvalue weighted by Gasteiger charge is 2.09. The summed E-state index contributed by atoms with van der Waals surface area (Å²) in [5.74, 6) is 0.553. The van der Waals surface area contributed by atoms with Crippen LogP contribution in [-0.4, -0.2) is 28.7 Å². The number of nitrogens with zero attached hydrogens (tertiary/aromatic N) is 2. The zero-order chi connectivity index (χ0) is 15.4. The Hall–Kier alpha value is -2.54. The van der Waals surface area contributed by atoms with Gasteiger partial charge >= 0.3 is 0 Å². The summed E-state index contributed by atoms with van der Waals surface area (Å²) in [4.78, 5) is 20.2. The van der Waals surface area contributed by atoms with E-state index >= 15 is 0 Å². The lowest BCUT2D eigenvalue weighted by molar-refractivity contribution is -0.113. The second kappa shape index (κ2) is 6.48. The molecular formula is C15H13N3O3S. The zero-order valence-corrected chi connectivity index (χ0v) is 12.6. The van der Waals surface area contributed by atoms with Crippen LogP contribution in [0.5, 0.6) is 5.88 Å². The van der Waals surface area contributed by atoms with Crippen LogP contribution in [0.25, 0.3) is 11.1 Å². The normalized spacial score (nSPS) is 10.6. The van der Waals surface area contributed by atoms with Gasteiger partial charge in [-0.3, -0.25) is 4.79 Å². The first kappa shape index (κ1) is 14.4. The molecule has 0 aliphatic heterocycles. The van der Waals surface area contributed by atoms with Crippen molar-refractivity contribution in [3.8, 4) is 5.88 Å². The Bertz CT molecular complexity index is 753. The number of oxazole rings is 1. The molecule has 1 N–H and O–H groups in total. The molecule has 0 radical (unpaired) electrons. The van der Waals surface area contributed by atoms with Crippen molar-refractivity contribution in [1.82, 2.24) is 9.97 Å². The number of aromatic nitrogens is 2. The summed E-state index contributed by atoms with van der Waals surface area (Å²) in [6.45, 7) is 0. The Balaban J connectivity index is 1.57. The maximum absolute atomic E-state index is 11.9. The lowest BCUT2D eigenvalue weighted by atomic mass is 10.3. The first-order valence-corrected chi connectivity index (χ1v) is 7.51. The highest BCUT2D eigenvalue weighted by atomic mass is 32.2. The number of carbonyl (C=O) groups excluding carboxylic acids is 1. The van der Waals surface area contributed by atoms with Gasteiger partial charge in [-0.15, -0.1) is 0 Å².